The Labute approximate surface area is 107 Å². The number of nitrogens with one attached hydrogen (secondary N) is 1. The Morgan fingerprint density at radius 3 is 2.41 bits per heavy atom. The van der Waals surface area contributed by atoms with E-state index in [1.807, 2.05) is 24.3 Å². The third kappa shape index (κ3) is 3.24. The summed E-state index contributed by atoms with van der Waals surface area (Å²) in [5.74, 6) is 0. The summed E-state index contributed by atoms with van der Waals surface area (Å²) in [7, 11) is 0. The number of halogens is 1. The first kappa shape index (κ1) is 12.0. The van der Waals surface area contributed by atoms with Crippen LogP contribution in [0.1, 0.15) is 16.7 Å². The van der Waals surface area contributed by atoms with Gasteiger partial charge in [0.05, 0.1) is 0 Å². The Hall–Kier alpha value is -1.47. The minimum Gasteiger partial charge on any atom is -0.381 e. The molecule has 0 spiro atoms. The highest BCUT2D eigenvalue weighted by Crippen LogP contribution is 2.16. The van der Waals surface area contributed by atoms with Crippen LogP contribution in [0, 0.1) is 13.8 Å². The maximum atomic E-state index is 5.85. The van der Waals surface area contributed by atoms with Crippen molar-refractivity contribution in [3.8, 4) is 0 Å². The number of anilines is 1. The maximum absolute atomic E-state index is 5.85. The van der Waals surface area contributed by atoms with Crippen molar-refractivity contribution in [2.24, 2.45) is 0 Å². The minimum atomic E-state index is 0.766. The van der Waals surface area contributed by atoms with E-state index >= 15 is 0 Å². The van der Waals surface area contributed by atoms with Crippen LogP contribution in [0.25, 0.3) is 0 Å². The third-order valence-corrected chi connectivity index (χ3v) is 3.08. The first-order valence-corrected chi connectivity index (χ1v) is 6.08. The summed E-state index contributed by atoms with van der Waals surface area (Å²) in [6, 6.07) is 14.3. The molecule has 0 aliphatic carbocycles. The van der Waals surface area contributed by atoms with Crippen LogP contribution in [0.15, 0.2) is 42.5 Å². The molecule has 0 bridgehead atoms. The fourth-order valence-electron chi connectivity index (χ4n) is 1.76. The highest BCUT2D eigenvalue weighted by Gasteiger charge is 1.99. The maximum Gasteiger partial charge on any atom is 0.0407 e. The van der Waals surface area contributed by atoms with E-state index in [9.17, 15) is 0 Å². The Bertz CT molecular complexity index is 503. The molecule has 0 saturated heterocycles. The van der Waals surface area contributed by atoms with Crippen molar-refractivity contribution in [2.45, 2.75) is 20.4 Å². The van der Waals surface area contributed by atoms with Crippen LogP contribution >= 0.6 is 11.6 Å². The monoisotopic (exact) mass is 245 g/mol. The van der Waals surface area contributed by atoms with Crippen LogP contribution < -0.4 is 5.32 Å². The van der Waals surface area contributed by atoms with E-state index in [1.54, 1.807) is 0 Å². The zero-order chi connectivity index (χ0) is 12.3. The van der Waals surface area contributed by atoms with Crippen molar-refractivity contribution in [2.75, 3.05) is 5.32 Å². The molecule has 2 aromatic rings. The fourth-order valence-corrected chi connectivity index (χ4v) is 1.88. The average molecular weight is 246 g/mol. The zero-order valence-electron chi connectivity index (χ0n) is 10.1. The molecule has 0 aliphatic heterocycles. The van der Waals surface area contributed by atoms with Crippen LogP contribution in [0.2, 0.25) is 5.02 Å². The lowest BCUT2D eigenvalue weighted by molar-refractivity contribution is 1.11. The summed E-state index contributed by atoms with van der Waals surface area (Å²) in [5.41, 5.74) is 5.04. The Balaban J connectivity index is 2.07. The second-order valence-corrected chi connectivity index (χ2v) is 4.73. The number of hydrogen-bond acceptors (Lipinski definition) is 1. The molecule has 0 amide bonds. The molecule has 2 rings (SSSR count). The topological polar surface area (TPSA) is 12.0 Å². The van der Waals surface area contributed by atoms with E-state index in [-0.39, 0.29) is 0 Å². The van der Waals surface area contributed by atoms with Crippen LogP contribution in [0.4, 0.5) is 5.69 Å². The first-order valence-electron chi connectivity index (χ1n) is 5.71. The van der Waals surface area contributed by atoms with Gasteiger partial charge in [0.1, 0.15) is 0 Å². The molecule has 2 heteroatoms. The highest BCUT2D eigenvalue weighted by molar-refractivity contribution is 6.30. The molecule has 0 unspecified atom stereocenters. The van der Waals surface area contributed by atoms with Crippen molar-refractivity contribution in [3.05, 3.63) is 64.2 Å². The quantitative estimate of drug-likeness (QED) is 0.835. The van der Waals surface area contributed by atoms with Crippen molar-refractivity contribution in [1.82, 2.24) is 0 Å². The molecule has 2 aromatic carbocycles. The second kappa shape index (κ2) is 5.24. The van der Waals surface area contributed by atoms with Gasteiger partial charge in [-0.2, -0.15) is 0 Å². The van der Waals surface area contributed by atoms with Gasteiger partial charge < -0.3 is 5.32 Å². The number of benzene rings is 2. The predicted molar refractivity (Wildman–Crippen MR) is 74.7 cm³/mol. The standard InChI is InChI=1S/C15H16ClN/c1-11-3-4-12(2)13(9-11)10-17-15-7-5-14(16)6-8-15/h3-9,17H,10H2,1-2H3. The molecule has 0 aliphatic rings. The summed E-state index contributed by atoms with van der Waals surface area (Å²) in [4.78, 5) is 0. The van der Waals surface area contributed by atoms with Crippen LogP contribution in [-0.4, -0.2) is 0 Å². The lowest BCUT2D eigenvalue weighted by atomic mass is 10.1. The molecule has 0 aromatic heterocycles. The predicted octanol–water partition coefficient (Wildman–Crippen LogP) is 4.57. The normalized spacial score (nSPS) is 10.3. The van der Waals surface area contributed by atoms with Gasteiger partial charge in [-0.1, -0.05) is 35.4 Å². The summed E-state index contributed by atoms with van der Waals surface area (Å²) in [5, 5.41) is 4.16. The van der Waals surface area contributed by atoms with Crippen molar-refractivity contribution in [1.29, 1.82) is 0 Å². The molecule has 0 atom stereocenters. The average Bonchev–Trinajstić information content (AvgIpc) is 2.32. The second-order valence-electron chi connectivity index (χ2n) is 4.29. The number of rotatable bonds is 3. The van der Waals surface area contributed by atoms with E-state index in [0.717, 1.165) is 17.3 Å². The van der Waals surface area contributed by atoms with E-state index in [4.69, 9.17) is 11.6 Å². The number of hydrogen-bond donors (Lipinski definition) is 1. The van der Waals surface area contributed by atoms with Crippen molar-refractivity contribution < 1.29 is 0 Å². The van der Waals surface area contributed by atoms with E-state index in [1.165, 1.54) is 16.7 Å². The third-order valence-electron chi connectivity index (χ3n) is 2.83. The van der Waals surface area contributed by atoms with Gasteiger partial charge in [-0.25, -0.2) is 0 Å². The summed E-state index contributed by atoms with van der Waals surface area (Å²) in [6.45, 7) is 5.10. The Kier molecular flexibility index (Phi) is 3.70. The van der Waals surface area contributed by atoms with Gasteiger partial charge in [0, 0.05) is 17.3 Å². The molecule has 0 heterocycles. The van der Waals surface area contributed by atoms with Crippen LogP contribution in [-0.2, 0) is 6.54 Å². The lowest BCUT2D eigenvalue weighted by Crippen LogP contribution is -2.01. The highest BCUT2D eigenvalue weighted by atomic mass is 35.5. The van der Waals surface area contributed by atoms with Crippen molar-refractivity contribution >= 4 is 17.3 Å². The van der Waals surface area contributed by atoms with E-state index in [2.05, 4.69) is 37.4 Å². The summed E-state index contributed by atoms with van der Waals surface area (Å²) < 4.78 is 0. The molecular weight excluding hydrogens is 230 g/mol. The summed E-state index contributed by atoms with van der Waals surface area (Å²) >= 11 is 5.85. The molecule has 0 saturated carbocycles. The van der Waals surface area contributed by atoms with Gasteiger partial charge >= 0.3 is 0 Å². The SMILES string of the molecule is Cc1ccc(C)c(CNc2ccc(Cl)cc2)c1. The molecule has 0 radical (unpaired) electrons. The van der Waals surface area contributed by atoms with E-state index < -0.39 is 0 Å². The largest absolute Gasteiger partial charge is 0.381 e. The van der Waals surface area contributed by atoms with Gasteiger partial charge in [0.25, 0.3) is 0 Å². The Morgan fingerprint density at radius 1 is 1.00 bits per heavy atom. The number of aryl methyl sites for hydroxylation is 2. The van der Waals surface area contributed by atoms with E-state index in [0.29, 0.717) is 0 Å². The van der Waals surface area contributed by atoms with Gasteiger partial charge in [0.2, 0.25) is 0 Å². The molecular formula is C15H16ClN. The van der Waals surface area contributed by atoms with Gasteiger partial charge in [-0.3, -0.25) is 0 Å². The minimum absolute atomic E-state index is 0.766. The van der Waals surface area contributed by atoms with Crippen LogP contribution in [0.5, 0.6) is 0 Å². The van der Waals surface area contributed by atoms with Gasteiger partial charge in [0.15, 0.2) is 0 Å². The Morgan fingerprint density at radius 2 is 1.71 bits per heavy atom. The lowest BCUT2D eigenvalue weighted by Gasteiger charge is -2.10. The molecule has 1 N–H and O–H groups in total. The zero-order valence-corrected chi connectivity index (χ0v) is 10.9. The summed E-state index contributed by atoms with van der Waals surface area (Å²) in [6.07, 6.45) is 0. The smallest absolute Gasteiger partial charge is 0.0407 e. The first-order chi connectivity index (χ1) is 8.15. The molecule has 88 valence electrons. The fraction of sp³-hybridized carbons (Fsp3) is 0.200. The van der Waals surface area contributed by atoms with Crippen molar-refractivity contribution in [3.63, 3.8) is 0 Å². The van der Waals surface area contributed by atoms with Gasteiger partial charge in [-0.05, 0) is 49.2 Å². The molecule has 1 nitrogen and oxygen atoms in total. The van der Waals surface area contributed by atoms with Gasteiger partial charge in [-0.15, -0.1) is 0 Å². The van der Waals surface area contributed by atoms with Crippen LogP contribution in [0.3, 0.4) is 0 Å². The molecule has 17 heavy (non-hydrogen) atoms. The molecule has 0 fully saturated rings.